The van der Waals surface area contributed by atoms with E-state index in [9.17, 15) is 8.42 Å². The number of sulfonamides is 1. The van der Waals surface area contributed by atoms with E-state index in [0.29, 0.717) is 34.9 Å². The van der Waals surface area contributed by atoms with Gasteiger partial charge in [-0.05, 0) is 39.1 Å². The normalized spacial score (nSPS) is 12.8. The van der Waals surface area contributed by atoms with Crippen molar-refractivity contribution in [3.8, 4) is 0 Å². The molecule has 0 aliphatic rings. The second-order valence-corrected chi connectivity index (χ2v) is 7.97. The van der Waals surface area contributed by atoms with E-state index in [1.807, 2.05) is 0 Å². The molecule has 1 aromatic heterocycles. The lowest BCUT2D eigenvalue weighted by Crippen LogP contribution is -2.42. The predicted molar refractivity (Wildman–Crippen MR) is 84.4 cm³/mol. The van der Waals surface area contributed by atoms with Gasteiger partial charge in [-0.1, -0.05) is 0 Å². The molecule has 0 unspecified atom stereocenters. The largest absolute Gasteiger partial charge is 0.326 e. The van der Waals surface area contributed by atoms with E-state index in [4.69, 9.17) is 5.73 Å². The summed E-state index contributed by atoms with van der Waals surface area (Å²) in [5, 5.41) is 1.76. The molecule has 0 saturated carbocycles. The lowest BCUT2D eigenvalue weighted by atomic mass is 10.2. The van der Waals surface area contributed by atoms with Gasteiger partial charge in [0.1, 0.15) is 0 Å². The molecule has 0 aliphatic heterocycles. The molecule has 0 aliphatic carbocycles. The monoisotopic (exact) mass is 319 g/mol. The maximum Gasteiger partial charge on any atom is 0.241 e. The van der Waals surface area contributed by atoms with Crippen LogP contribution in [-0.4, -0.2) is 38.5 Å². The van der Waals surface area contributed by atoms with Gasteiger partial charge in [-0.25, -0.2) is 13.1 Å². The third-order valence-corrected chi connectivity index (χ3v) is 5.79. The first-order chi connectivity index (χ1) is 9.29. The van der Waals surface area contributed by atoms with Crippen molar-refractivity contribution < 1.29 is 8.42 Å². The van der Waals surface area contributed by atoms with Crippen molar-refractivity contribution >= 4 is 21.4 Å². The molecule has 116 valence electrons. The highest BCUT2D eigenvalue weighted by Crippen LogP contribution is 2.20. The van der Waals surface area contributed by atoms with Crippen molar-refractivity contribution in [2.45, 2.75) is 51.2 Å². The molecule has 0 spiro atoms. The molecule has 0 fully saturated rings. The highest BCUT2D eigenvalue weighted by molar-refractivity contribution is 7.89. The standard InChI is InChI=1S/C13H25N3O2S2/c1-10(2)16(11(3)4)7-6-15-20(17,18)13-5-8-19-12(13)9-14/h5,8,10-11,15H,6-7,9,14H2,1-4H3. The minimum Gasteiger partial charge on any atom is -0.326 e. The zero-order chi connectivity index (χ0) is 15.3. The summed E-state index contributed by atoms with van der Waals surface area (Å²) in [7, 11) is -3.45. The molecule has 0 radical (unpaired) electrons. The SMILES string of the molecule is CC(C)N(CCNS(=O)(=O)c1ccsc1CN)C(C)C. The van der Waals surface area contributed by atoms with Crippen LogP contribution in [0.2, 0.25) is 0 Å². The molecule has 0 atom stereocenters. The van der Waals surface area contributed by atoms with E-state index in [1.54, 1.807) is 11.4 Å². The Morgan fingerprint density at radius 3 is 2.40 bits per heavy atom. The zero-order valence-corrected chi connectivity index (χ0v) is 14.2. The van der Waals surface area contributed by atoms with E-state index in [1.165, 1.54) is 11.3 Å². The van der Waals surface area contributed by atoms with E-state index >= 15 is 0 Å². The summed E-state index contributed by atoms with van der Waals surface area (Å²) in [5.74, 6) is 0. The average molecular weight is 319 g/mol. The van der Waals surface area contributed by atoms with Gasteiger partial charge in [0.25, 0.3) is 0 Å². The van der Waals surface area contributed by atoms with Crippen LogP contribution in [0.25, 0.3) is 0 Å². The highest BCUT2D eigenvalue weighted by Gasteiger charge is 2.20. The predicted octanol–water partition coefficient (Wildman–Crippen LogP) is 1.60. The molecule has 1 aromatic rings. The Kier molecular flexibility index (Phi) is 6.60. The molecular weight excluding hydrogens is 294 g/mol. The fourth-order valence-electron chi connectivity index (χ4n) is 2.22. The van der Waals surface area contributed by atoms with Gasteiger partial charge in [0.15, 0.2) is 0 Å². The lowest BCUT2D eigenvalue weighted by molar-refractivity contribution is 0.179. The zero-order valence-electron chi connectivity index (χ0n) is 12.6. The van der Waals surface area contributed by atoms with Crippen LogP contribution < -0.4 is 10.5 Å². The Bertz CT molecular complexity index is 501. The number of rotatable bonds is 8. The van der Waals surface area contributed by atoms with Crippen molar-refractivity contribution in [2.24, 2.45) is 5.73 Å². The van der Waals surface area contributed by atoms with E-state index < -0.39 is 10.0 Å². The van der Waals surface area contributed by atoms with Crippen molar-refractivity contribution in [1.29, 1.82) is 0 Å². The van der Waals surface area contributed by atoms with Crippen molar-refractivity contribution in [2.75, 3.05) is 13.1 Å². The maximum atomic E-state index is 12.2. The Balaban J connectivity index is 2.65. The molecular formula is C13H25N3O2S2. The molecule has 5 nitrogen and oxygen atoms in total. The summed E-state index contributed by atoms with van der Waals surface area (Å²) in [4.78, 5) is 3.26. The third kappa shape index (κ3) is 4.53. The first-order valence-corrected chi connectivity index (χ1v) is 9.17. The molecule has 1 heterocycles. The van der Waals surface area contributed by atoms with E-state index in [0.717, 1.165) is 0 Å². The summed E-state index contributed by atoms with van der Waals surface area (Å²) in [6.45, 7) is 9.78. The molecule has 1 rings (SSSR count). The van der Waals surface area contributed by atoms with Crippen LogP contribution in [0, 0.1) is 0 Å². The summed E-state index contributed by atoms with van der Waals surface area (Å²) in [5.41, 5.74) is 5.56. The van der Waals surface area contributed by atoms with Gasteiger partial charge in [-0.2, -0.15) is 0 Å². The van der Waals surface area contributed by atoms with Gasteiger partial charge in [0.05, 0.1) is 4.90 Å². The Morgan fingerprint density at radius 2 is 1.90 bits per heavy atom. The fraction of sp³-hybridized carbons (Fsp3) is 0.692. The number of hydrogen-bond donors (Lipinski definition) is 2. The molecule has 0 amide bonds. The minimum absolute atomic E-state index is 0.248. The topological polar surface area (TPSA) is 75.4 Å². The van der Waals surface area contributed by atoms with Crippen LogP contribution in [0.15, 0.2) is 16.3 Å². The number of hydrogen-bond acceptors (Lipinski definition) is 5. The second kappa shape index (κ2) is 7.51. The van der Waals surface area contributed by atoms with Crippen molar-refractivity contribution in [3.63, 3.8) is 0 Å². The van der Waals surface area contributed by atoms with Crippen molar-refractivity contribution in [3.05, 3.63) is 16.3 Å². The summed E-state index contributed by atoms with van der Waals surface area (Å²) in [6.07, 6.45) is 0. The molecule has 3 N–H and O–H groups in total. The third-order valence-electron chi connectivity index (χ3n) is 3.17. The smallest absolute Gasteiger partial charge is 0.241 e. The van der Waals surface area contributed by atoms with Gasteiger partial charge in [0, 0.05) is 36.6 Å². The van der Waals surface area contributed by atoms with Crippen molar-refractivity contribution in [1.82, 2.24) is 9.62 Å². The van der Waals surface area contributed by atoms with Crippen LogP contribution in [0.1, 0.15) is 32.6 Å². The first-order valence-electron chi connectivity index (χ1n) is 6.81. The van der Waals surface area contributed by atoms with Crippen LogP contribution in [0.3, 0.4) is 0 Å². The van der Waals surface area contributed by atoms with Crippen LogP contribution >= 0.6 is 11.3 Å². The van der Waals surface area contributed by atoms with Gasteiger partial charge >= 0.3 is 0 Å². The van der Waals surface area contributed by atoms with Gasteiger partial charge in [-0.3, -0.25) is 4.90 Å². The maximum absolute atomic E-state index is 12.2. The molecule has 0 saturated heterocycles. The highest BCUT2D eigenvalue weighted by atomic mass is 32.2. The molecule has 20 heavy (non-hydrogen) atoms. The number of nitrogens with two attached hydrogens (primary N) is 1. The van der Waals surface area contributed by atoms with Gasteiger partial charge in [-0.15, -0.1) is 11.3 Å². The first kappa shape index (κ1) is 17.6. The van der Waals surface area contributed by atoms with Crippen LogP contribution in [0.5, 0.6) is 0 Å². The second-order valence-electron chi connectivity index (χ2n) is 5.24. The summed E-state index contributed by atoms with van der Waals surface area (Å²) < 4.78 is 27.1. The lowest BCUT2D eigenvalue weighted by Gasteiger charge is -2.30. The summed E-state index contributed by atoms with van der Waals surface area (Å²) in [6, 6.07) is 2.39. The van der Waals surface area contributed by atoms with E-state index in [-0.39, 0.29) is 6.54 Å². The fourth-order valence-corrected chi connectivity index (χ4v) is 4.57. The number of nitrogens with one attached hydrogen (secondary N) is 1. The quantitative estimate of drug-likeness (QED) is 0.763. The Labute approximate surface area is 126 Å². The van der Waals surface area contributed by atoms with Crippen LogP contribution in [0.4, 0.5) is 0 Å². The van der Waals surface area contributed by atoms with E-state index in [2.05, 4.69) is 37.3 Å². The number of thiophene rings is 1. The van der Waals surface area contributed by atoms with Gasteiger partial charge < -0.3 is 5.73 Å². The molecule has 7 heteroatoms. The molecule has 0 bridgehead atoms. The average Bonchev–Trinajstić information content (AvgIpc) is 2.82. The van der Waals surface area contributed by atoms with Gasteiger partial charge in [0.2, 0.25) is 10.0 Å². The molecule has 0 aromatic carbocycles. The van der Waals surface area contributed by atoms with Crippen LogP contribution in [-0.2, 0) is 16.6 Å². The summed E-state index contributed by atoms with van der Waals surface area (Å²) >= 11 is 1.37. The Hall–Kier alpha value is -0.470. The number of nitrogens with zero attached hydrogens (tertiary/aromatic N) is 1. The Morgan fingerprint density at radius 1 is 1.30 bits per heavy atom. The minimum atomic E-state index is -3.45.